The van der Waals surface area contributed by atoms with Gasteiger partial charge in [0.25, 0.3) is 0 Å². The monoisotopic (exact) mass is 401 g/mol. The van der Waals surface area contributed by atoms with E-state index in [0.29, 0.717) is 18.0 Å². The Morgan fingerprint density at radius 3 is 1.18 bits per heavy atom. The Morgan fingerprint density at radius 1 is 0.821 bits per heavy atom. The van der Waals surface area contributed by atoms with Gasteiger partial charge in [0.2, 0.25) is 11.8 Å². The largest absolute Gasteiger partial charge is 0.394 e. The molecule has 0 aromatic heterocycles. The van der Waals surface area contributed by atoms with Crippen molar-refractivity contribution in [2.75, 3.05) is 0 Å². The van der Waals surface area contributed by atoms with Crippen LogP contribution in [0.25, 0.3) is 0 Å². The Hall–Kier alpha value is -3.24. The van der Waals surface area contributed by atoms with Crippen LogP contribution in [0, 0.1) is 10.8 Å². The highest BCUT2D eigenvalue weighted by Crippen LogP contribution is 1.81. The summed E-state index contributed by atoms with van der Waals surface area (Å²) < 4.78 is 3.97. The number of amides is 2. The first kappa shape index (κ1) is 32.4. The van der Waals surface area contributed by atoms with Crippen molar-refractivity contribution >= 4 is 46.9 Å². The number of hydrogen-bond donors (Lipinski definition) is 4. The molecule has 0 aliphatic rings. The Balaban J connectivity index is -0.000000137. The lowest BCUT2D eigenvalue weighted by molar-refractivity contribution is -0.156. The number of carbonyl (C=O) groups is 5. The van der Waals surface area contributed by atoms with E-state index in [2.05, 4.69) is 9.73 Å². The molecule has 0 aliphatic heterocycles. The van der Waals surface area contributed by atoms with Crippen LogP contribution in [-0.4, -0.2) is 46.9 Å². The summed E-state index contributed by atoms with van der Waals surface area (Å²) in [5, 5.41) is 15.6. The van der Waals surface area contributed by atoms with Crippen LogP contribution < -0.4 is 11.1 Å². The minimum atomic E-state index is -0.562. The second-order valence-corrected chi connectivity index (χ2v) is 5.32. The number of Topliss-reactive ketones (excluding diaryl/α,β-unsaturated/α-hetero) is 1. The summed E-state index contributed by atoms with van der Waals surface area (Å²) in [6, 6.07) is 0. The number of ether oxygens (including phenoxy) is 1. The highest BCUT2D eigenvalue weighted by Gasteiger charge is 1.93. The van der Waals surface area contributed by atoms with Crippen LogP contribution in [0.3, 0.4) is 0 Å². The maximum absolute atomic E-state index is 10.1. The second kappa shape index (κ2) is 20.1. The maximum atomic E-state index is 10.1. The van der Waals surface area contributed by atoms with E-state index in [1.807, 2.05) is 5.32 Å². The summed E-state index contributed by atoms with van der Waals surface area (Å²) in [6.45, 7) is 11.3. The Labute approximate surface area is 165 Å². The lowest BCUT2D eigenvalue weighted by atomic mass is 10.2. The van der Waals surface area contributed by atoms with Gasteiger partial charge in [0.1, 0.15) is 11.6 Å². The number of nitrogens with two attached hydrogens (primary N) is 1. The van der Waals surface area contributed by atoms with Gasteiger partial charge in [0.05, 0.1) is 5.84 Å². The van der Waals surface area contributed by atoms with E-state index in [4.69, 9.17) is 16.6 Å². The zero-order valence-electron chi connectivity index (χ0n) is 17.7. The smallest absolute Gasteiger partial charge is 0.310 e. The molecular weight excluding hydrogens is 370 g/mol. The summed E-state index contributed by atoms with van der Waals surface area (Å²) in [5.74, 6) is -1.000. The van der Waals surface area contributed by atoms with Gasteiger partial charge < -0.3 is 15.9 Å². The molecule has 0 unspecified atom stereocenters. The molecule has 160 valence electrons. The first-order valence-corrected chi connectivity index (χ1v) is 7.87. The molecule has 0 saturated carbocycles. The predicted octanol–water partition coefficient (Wildman–Crippen LogP) is 1.13. The number of amidine groups is 2. The molecule has 2 amide bonds. The van der Waals surface area contributed by atoms with Crippen LogP contribution in [0.5, 0.6) is 0 Å². The van der Waals surface area contributed by atoms with E-state index in [1.165, 1.54) is 34.6 Å². The van der Waals surface area contributed by atoms with E-state index in [9.17, 15) is 24.0 Å². The third-order valence-corrected chi connectivity index (χ3v) is 1.50. The topological polar surface area (TPSA) is 193 Å². The molecule has 11 nitrogen and oxygen atoms in total. The van der Waals surface area contributed by atoms with Gasteiger partial charge in [-0.25, -0.2) is 4.99 Å². The van der Waals surface area contributed by atoms with Crippen molar-refractivity contribution in [2.45, 2.75) is 61.8 Å². The second-order valence-electron chi connectivity index (χ2n) is 5.32. The SMILES string of the molecule is CC(=N)CC(C)=O.CC(=N)N=C(C)N.CC(=O)NC(C)=O.CC(=O)OC(C)=O. The van der Waals surface area contributed by atoms with Crippen molar-refractivity contribution < 1.29 is 28.7 Å². The van der Waals surface area contributed by atoms with Crippen molar-refractivity contribution in [2.24, 2.45) is 10.7 Å². The van der Waals surface area contributed by atoms with Crippen molar-refractivity contribution in [1.82, 2.24) is 5.32 Å². The highest BCUT2D eigenvalue weighted by molar-refractivity contribution is 5.98. The molecule has 0 radical (unpaired) electrons. The fourth-order valence-corrected chi connectivity index (χ4v) is 1.09. The minimum absolute atomic E-state index is 0.0625. The molecule has 11 heteroatoms. The van der Waals surface area contributed by atoms with Gasteiger partial charge in [-0.3, -0.25) is 34.7 Å². The number of aliphatic imine (C=N–C) groups is 1. The van der Waals surface area contributed by atoms with Crippen LogP contribution in [0.2, 0.25) is 0 Å². The third kappa shape index (κ3) is 66.2. The van der Waals surface area contributed by atoms with Gasteiger partial charge in [-0.1, -0.05) is 0 Å². The van der Waals surface area contributed by atoms with E-state index in [0.717, 1.165) is 0 Å². The van der Waals surface area contributed by atoms with Crippen molar-refractivity contribution in [1.29, 1.82) is 10.8 Å². The zero-order chi connectivity index (χ0) is 23.4. The molecule has 0 bridgehead atoms. The first-order chi connectivity index (χ1) is 12.5. The molecule has 0 atom stereocenters. The summed E-state index contributed by atoms with van der Waals surface area (Å²) in [6.07, 6.45) is 0.306. The van der Waals surface area contributed by atoms with Gasteiger partial charge in [0, 0.05) is 39.8 Å². The number of imide groups is 1. The molecule has 5 N–H and O–H groups in total. The van der Waals surface area contributed by atoms with Gasteiger partial charge >= 0.3 is 11.9 Å². The Bertz CT molecular complexity index is 509. The van der Waals surface area contributed by atoms with Crippen LogP contribution >= 0.6 is 0 Å². The average Bonchev–Trinajstić information content (AvgIpc) is 2.32. The van der Waals surface area contributed by atoms with Crippen molar-refractivity contribution in [3.8, 4) is 0 Å². The van der Waals surface area contributed by atoms with Gasteiger partial charge in [-0.2, -0.15) is 0 Å². The van der Waals surface area contributed by atoms with E-state index < -0.39 is 11.9 Å². The molecular formula is C17H31N5O6. The lowest BCUT2D eigenvalue weighted by Crippen LogP contribution is -2.24. The first-order valence-electron chi connectivity index (χ1n) is 7.87. The zero-order valence-corrected chi connectivity index (χ0v) is 17.7. The normalized spacial score (nSPS) is 8.79. The van der Waals surface area contributed by atoms with Crippen molar-refractivity contribution in [3.05, 3.63) is 0 Å². The van der Waals surface area contributed by atoms with E-state index in [1.54, 1.807) is 20.8 Å². The summed E-state index contributed by atoms with van der Waals surface area (Å²) in [7, 11) is 0. The molecule has 0 saturated heterocycles. The molecule has 0 aliphatic carbocycles. The predicted molar refractivity (Wildman–Crippen MR) is 106 cm³/mol. The van der Waals surface area contributed by atoms with E-state index in [-0.39, 0.29) is 23.4 Å². The summed E-state index contributed by atoms with van der Waals surface area (Å²) >= 11 is 0. The number of hydrogen-bond acceptors (Lipinski definition) is 8. The number of esters is 2. The molecule has 0 aromatic carbocycles. The highest BCUT2D eigenvalue weighted by atomic mass is 16.6. The Kier molecular flexibility index (Phi) is 23.3. The van der Waals surface area contributed by atoms with Crippen molar-refractivity contribution in [3.63, 3.8) is 0 Å². The van der Waals surface area contributed by atoms with E-state index >= 15 is 0 Å². The number of carbonyl (C=O) groups excluding carboxylic acids is 5. The van der Waals surface area contributed by atoms with Gasteiger partial charge in [0.15, 0.2) is 0 Å². The van der Waals surface area contributed by atoms with Crippen LogP contribution in [0.4, 0.5) is 0 Å². The standard InChI is InChI=1S/C5H9NO.C4H9N3.C4H7NO2.C4H6O3/c1-4(6)3-5(2)7;1-3(5)7-4(2)6;1-3(6)5-4(2)7;1-3(5)7-4(2)6/h6H,3H2,1-2H3;1-2H3,(H3,5,6,7);1-2H3,(H,5,6,7);1-2H3. The molecule has 0 spiro atoms. The average molecular weight is 401 g/mol. The van der Waals surface area contributed by atoms with Gasteiger partial charge in [-0.15, -0.1) is 0 Å². The van der Waals surface area contributed by atoms with Crippen LogP contribution in [0.15, 0.2) is 4.99 Å². The Morgan fingerprint density at radius 2 is 1.18 bits per heavy atom. The quantitative estimate of drug-likeness (QED) is 0.230. The number of nitrogens with zero attached hydrogens (tertiary/aromatic N) is 1. The lowest BCUT2D eigenvalue weighted by Gasteiger charge is -1.88. The number of nitrogens with one attached hydrogen (secondary N) is 3. The molecule has 0 aromatic rings. The number of ketones is 1. The summed E-state index contributed by atoms with van der Waals surface area (Å²) in [4.78, 5) is 53.1. The fourth-order valence-electron chi connectivity index (χ4n) is 1.09. The molecule has 28 heavy (non-hydrogen) atoms. The summed E-state index contributed by atoms with van der Waals surface area (Å²) in [5.41, 5.74) is 5.54. The van der Waals surface area contributed by atoms with Crippen LogP contribution in [-0.2, 0) is 28.7 Å². The van der Waals surface area contributed by atoms with Gasteiger partial charge in [-0.05, 0) is 27.7 Å². The molecule has 0 rings (SSSR count). The third-order valence-electron chi connectivity index (χ3n) is 1.50. The molecule has 0 fully saturated rings. The molecule has 0 heterocycles. The maximum Gasteiger partial charge on any atom is 0.310 e. The number of rotatable bonds is 2. The van der Waals surface area contributed by atoms with Crippen LogP contribution in [0.1, 0.15) is 61.8 Å². The fraction of sp³-hybridized carbons (Fsp3) is 0.529. The minimum Gasteiger partial charge on any atom is -0.394 e.